The van der Waals surface area contributed by atoms with E-state index in [-0.39, 0.29) is 11.9 Å². The predicted octanol–water partition coefficient (Wildman–Crippen LogP) is 2.08. The predicted molar refractivity (Wildman–Crippen MR) is 84.1 cm³/mol. The summed E-state index contributed by atoms with van der Waals surface area (Å²) < 4.78 is 1.53. The van der Waals surface area contributed by atoms with Crippen LogP contribution < -0.4 is 5.32 Å². The van der Waals surface area contributed by atoms with Crippen LogP contribution in [0.5, 0.6) is 0 Å². The van der Waals surface area contributed by atoms with Crippen molar-refractivity contribution in [2.24, 2.45) is 0 Å². The number of carbonyl (C=O) groups is 1. The quantitative estimate of drug-likeness (QED) is 0.804. The molecule has 23 heavy (non-hydrogen) atoms. The third kappa shape index (κ3) is 2.59. The van der Waals surface area contributed by atoms with E-state index < -0.39 is 0 Å². The zero-order valence-electron chi connectivity index (χ0n) is 12.4. The second kappa shape index (κ2) is 5.64. The van der Waals surface area contributed by atoms with Gasteiger partial charge in [0.05, 0.1) is 6.04 Å². The van der Waals surface area contributed by atoms with Crippen LogP contribution >= 0.6 is 0 Å². The Balaban J connectivity index is 1.55. The second-order valence-corrected chi connectivity index (χ2v) is 5.51. The van der Waals surface area contributed by atoms with Gasteiger partial charge in [-0.3, -0.25) is 4.79 Å². The van der Waals surface area contributed by atoms with Crippen molar-refractivity contribution >= 4 is 5.91 Å². The summed E-state index contributed by atoms with van der Waals surface area (Å²) in [5, 5.41) is 7.14. The molecule has 114 valence electrons. The number of nitrogens with zero attached hydrogens (tertiary/aromatic N) is 4. The molecule has 2 heterocycles. The van der Waals surface area contributed by atoms with E-state index >= 15 is 0 Å². The minimum absolute atomic E-state index is 0.0710. The van der Waals surface area contributed by atoms with Crippen LogP contribution in [0, 0.1) is 0 Å². The summed E-state index contributed by atoms with van der Waals surface area (Å²) in [5.74, 6) is 0.470. The van der Waals surface area contributed by atoms with Gasteiger partial charge in [0.15, 0.2) is 5.82 Å². The molecule has 4 rings (SSSR count). The van der Waals surface area contributed by atoms with Crippen molar-refractivity contribution in [1.29, 1.82) is 0 Å². The average Bonchev–Trinajstić information content (AvgIpc) is 3.25. The number of benzene rings is 1. The first-order valence-electron chi connectivity index (χ1n) is 7.51. The lowest BCUT2D eigenvalue weighted by Gasteiger charge is -2.14. The number of aromatic nitrogens is 4. The van der Waals surface area contributed by atoms with Gasteiger partial charge in [-0.25, -0.2) is 14.6 Å². The van der Waals surface area contributed by atoms with Gasteiger partial charge in [-0.15, -0.1) is 0 Å². The second-order valence-electron chi connectivity index (χ2n) is 5.51. The molecule has 1 amide bonds. The van der Waals surface area contributed by atoms with Crippen LogP contribution in [-0.2, 0) is 6.42 Å². The van der Waals surface area contributed by atoms with E-state index in [1.807, 2.05) is 12.1 Å². The molecule has 0 saturated heterocycles. The van der Waals surface area contributed by atoms with E-state index in [9.17, 15) is 4.79 Å². The highest BCUT2D eigenvalue weighted by atomic mass is 16.1. The number of nitrogens with one attached hydrogen (secondary N) is 1. The average molecular weight is 305 g/mol. The summed E-state index contributed by atoms with van der Waals surface area (Å²) >= 11 is 0. The lowest BCUT2D eigenvalue weighted by molar-refractivity contribution is 0.0936. The summed E-state index contributed by atoms with van der Waals surface area (Å²) in [6.07, 6.45) is 6.53. The molecule has 6 nitrogen and oxygen atoms in total. The van der Waals surface area contributed by atoms with E-state index in [2.05, 4.69) is 32.5 Å². The Morgan fingerprint density at radius 1 is 1.26 bits per heavy atom. The molecule has 1 aliphatic carbocycles. The third-order valence-corrected chi connectivity index (χ3v) is 4.10. The SMILES string of the molecule is O=C(NC1CCc2ccccc21)c1ccnc(-n2cncn2)c1. The van der Waals surface area contributed by atoms with Crippen molar-refractivity contribution in [2.45, 2.75) is 18.9 Å². The summed E-state index contributed by atoms with van der Waals surface area (Å²) in [4.78, 5) is 20.7. The molecule has 0 bridgehead atoms. The van der Waals surface area contributed by atoms with E-state index in [4.69, 9.17) is 0 Å². The Morgan fingerprint density at radius 3 is 3.04 bits per heavy atom. The van der Waals surface area contributed by atoms with Gasteiger partial charge in [-0.1, -0.05) is 24.3 Å². The molecule has 3 aromatic rings. The lowest BCUT2D eigenvalue weighted by Crippen LogP contribution is -2.27. The number of fused-ring (bicyclic) bond motifs is 1. The van der Waals surface area contributed by atoms with E-state index in [0.717, 1.165) is 12.8 Å². The number of aryl methyl sites for hydroxylation is 1. The molecule has 1 atom stereocenters. The van der Waals surface area contributed by atoms with Gasteiger partial charge in [-0.2, -0.15) is 5.10 Å². The molecule has 0 aliphatic heterocycles. The minimum Gasteiger partial charge on any atom is -0.345 e. The number of rotatable bonds is 3. The zero-order chi connectivity index (χ0) is 15.6. The molecule has 0 saturated carbocycles. The van der Waals surface area contributed by atoms with Gasteiger partial charge in [0.25, 0.3) is 5.91 Å². The van der Waals surface area contributed by atoms with Gasteiger partial charge >= 0.3 is 0 Å². The van der Waals surface area contributed by atoms with Crippen LogP contribution in [0.1, 0.15) is 33.9 Å². The summed E-state index contributed by atoms with van der Waals surface area (Å²) in [7, 11) is 0. The van der Waals surface area contributed by atoms with Crippen molar-refractivity contribution in [3.8, 4) is 5.82 Å². The molecular weight excluding hydrogens is 290 g/mol. The van der Waals surface area contributed by atoms with Crippen molar-refractivity contribution in [2.75, 3.05) is 0 Å². The fourth-order valence-electron chi connectivity index (χ4n) is 2.96. The normalized spacial score (nSPS) is 16.1. The highest BCUT2D eigenvalue weighted by Crippen LogP contribution is 2.30. The van der Waals surface area contributed by atoms with Crippen LogP contribution in [0.4, 0.5) is 0 Å². The highest BCUT2D eigenvalue weighted by molar-refractivity contribution is 5.94. The van der Waals surface area contributed by atoms with Gasteiger partial charge in [0, 0.05) is 11.8 Å². The minimum atomic E-state index is -0.101. The Hall–Kier alpha value is -3.02. The zero-order valence-corrected chi connectivity index (χ0v) is 12.4. The van der Waals surface area contributed by atoms with Crippen LogP contribution in [0.15, 0.2) is 55.2 Å². The van der Waals surface area contributed by atoms with Gasteiger partial charge in [-0.05, 0) is 36.1 Å². The van der Waals surface area contributed by atoms with Crippen molar-refractivity contribution < 1.29 is 4.79 Å². The molecular formula is C17H15N5O. The number of hydrogen-bond acceptors (Lipinski definition) is 4. The molecule has 0 fully saturated rings. The molecule has 6 heteroatoms. The fraction of sp³-hybridized carbons (Fsp3) is 0.176. The molecule has 1 aliphatic rings. The largest absolute Gasteiger partial charge is 0.345 e. The van der Waals surface area contributed by atoms with Crippen LogP contribution in [0.2, 0.25) is 0 Å². The van der Waals surface area contributed by atoms with Gasteiger partial charge in [0.1, 0.15) is 12.7 Å². The fourth-order valence-corrected chi connectivity index (χ4v) is 2.96. The highest BCUT2D eigenvalue weighted by Gasteiger charge is 2.23. The van der Waals surface area contributed by atoms with Crippen LogP contribution in [0.3, 0.4) is 0 Å². The molecule has 0 spiro atoms. The van der Waals surface area contributed by atoms with E-state index in [0.29, 0.717) is 11.4 Å². The molecule has 1 unspecified atom stereocenters. The molecule has 1 N–H and O–H groups in total. The summed E-state index contributed by atoms with van der Waals surface area (Å²) in [6, 6.07) is 11.7. The van der Waals surface area contributed by atoms with Gasteiger partial charge < -0.3 is 5.32 Å². The summed E-state index contributed by atoms with van der Waals surface area (Å²) in [6.45, 7) is 0. The Labute approximate surface area is 133 Å². The van der Waals surface area contributed by atoms with E-state index in [1.165, 1.54) is 22.1 Å². The van der Waals surface area contributed by atoms with Gasteiger partial charge in [0.2, 0.25) is 0 Å². The summed E-state index contributed by atoms with van der Waals surface area (Å²) in [5.41, 5.74) is 3.09. The Morgan fingerprint density at radius 2 is 2.17 bits per heavy atom. The number of hydrogen-bond donors (Lipinski definition) is 1. The number of amides is 1. The lowest BCUT2D eigenvalue weighted by atomic mass is 10.1. The first-order valence-corrected chi connectivity index (χ1v) is 7.51. The molecule has 2 aromatic heterocycles. The van der Waals surface area contributed by atoms with Crippen molar-refractivity contribution in [3.63, 3.8) is 0 Å². The Kier molecular flexibility index (Phi) is 3.34. The third-order valence-electron chi connectivity index (χ3n) is 4.10. The molecule has 1 aromatic carbocycles. The first kappa shape index (κ1) is 13.6. The maximum absolute atomic E-state index is 12.5. The monoisotopic (exact) mass is 305 g/mol. The topological polar surface area (TPSA) is 72.7 Å². The number of carbonyl (C=O) groups excluding carboxylic acids is 1. The van der Waals surface area contributed by atoms with Crippen molar-refractivity contribution in [1.82, 2.24) is 25.1 Å². The first-order chi connectivity index (χ1) is 11.3. The molecule has 0 radical (unpaired) electrons. The maximum atomic E-state index is 12.5. The number of pyridine rings is 1. The Bertz CT molecular complexity index is 844. The van der Waals surface area contributed by atoms with Crippen molar-refractivity contribution in [3.05, 3.63) is 71.9 Å². The standard InChI is InChI=1S/C17H15N5O/c23-17(21-15-6-5-12-3-1-2-4-14(12)15)13-7-8-19-16(9-13)22-11-18-10-20-22/h1-4,7-11,15H,5-6H2,(H,21,23). The van der Waals surface area contributed by atoms with E-state index in [1.54, 1.807) is 24.7 Å². The van der Waals surface area contributed by atoms with Crippen LogP contribution in [-0.4, -0.2) is 25.7 Å². The van der Waals surface area contributed by atoms with Crippen LogP contribution in [0.25, 0.3) is 5.82 Å². The smallest absolute Gasteiger partial charge is 0.251 e. The maximum Gasteiger partial charge on any atom is 0.251 e.